The van der Waals surface area contributed by atoms with Crippen molar-refractivity contribution in [3.05, 3.63) is 60.2 Å². The second-order valence-electron chi connectivity index (χ2n) is 8.28. The third-order valence-corrected chi connectivity index (χ3v) is 4.29. The van der Waals surface area contributed by atoms with Crippen LogP contribution in [0, 0.1) is 0 Å². The van der Waals surface area contributed by atoms with Crippen molar-refractivity contribution < 1.29 is 24.2 Å². The normalized spacial score (nSPS) is 12.9. The fourth-order valence-corrected chi connectivity index (χ4v) is 2.66. The number of carbonyl (C=O) groups excluding carboxylic acids is 2. The molecule has 0 radical (unpaired) electrons. The second-order valence-corrected chi connectivity index (χ2v) is 8.28. The van der Waals surface area contributed by atoms with Crippen LogP contribution in [0.4, 0.5) is 4.79 Å². The highest BCUT2D eigenvalue weighted by molar-refractivity contribution is 5.79. The maximum atomic E-state index is 12.3. The van der Waals surface area contributed by atoms with Crippen LogP contribution < -0.4 is 10.4 Å². The van der Waals surface area contributed by atoms with Crippen LogP contribution >= 0.6 is 0 Å². The zero-order valence-corrected chi connectivity index (χ0v) is 17.5. The predicted octanol–water partition coefficient (Wildman–Crippen LogP) is 3.25. The number of carbonyl (C=O) groups is 2. The molecule has 2 aromatic rings. The molecule has 0 fully saturated rings. The summed E-state index contributed by atoms with van der Waals surface area (Å²) in [5.74, 6) is -1.43. The summed E-state index contributed by atoms with van der Waals surface area (Å²) in [6.07, 6.45) is -0.853. The Kier molecular flexibility index (Phi) is 7.03. The Morgan fingerprint density at radius 1 is 0.931 bits per heavy atom. The van der Waals surface area contributed by atoms with Gasteiger partial charge in [-0.25, -0.2) is 4.79 Å². The van der Waals surface area contributed by atoms with E-state index in [2.05, 4.69) is 5.32 Å². The van der Waals surface area contributed by atoms with Crippen molar-refractivity contribution in [2.24, 2.45) is 0 Å². The third kappa shape index (κ3) is 6.91. The first-order valence-electron chi connectivity index (χ1n) is 9.48. The van der Waals surface area contributed by atoms with Crippen molar-refractivity contribution >= 4 is 12.1 Å². The molecular weight excluding hydrogens is 370 g/mol. The van der Waals surface area contributed by atoms with E-state index in [0.717, 1.165) is 16.7 Å². The van der Waals surface area contributed by atoms with E-state index < -0.39 is 29.3 Å². The number of alkyl carbamates (subject to hydrolysis) is 1. The average Bonchev–Trinajstić information content (AvgIpc) is 2.64. The predicted molar refractivity (Wildman–Crippen MR) is 109 cm³/mol. The second kappa shape index (κ2) is 9.09. The van der Waals surface area contributed by atoms with Crippen molar-refractivity contribution in [1.29, 1.82) is 0 Å². The van der Waals surface area contributed by atoms with Gasteiger partial charge in [-0.3, -0.25) is 0 Å². The van der Waals surface area contributed by atoms with E-state index in [0.29, 0.717) is 0 Å². The summed E-state index contributed by atoms with van der Waals surface area (Å²) in [6, 6.07) is 16.3. The number of ether oxygens (including phenoxy) is 2. The Morgan fingerprint density at radius 3 is 2.00 bits per heavy atom. The van der Waals surface area contributed by atoms with Gasteiger partial charge in [0.25, 0.3) is 0 Å². The highest BCUT2D eigenvalue weighted by atomic mass is 16.6. The molecule has 1 amide bonds. The first kappa shape index (κ1) is 22.4. The van der Waals surface area contributed by atoms with E-state index in [1.54, 1.807) is 34.6 Å². The largest absolute Gasteiger partial charge is 0.548 e. The Bertz CT molecular complexity index is 823. The fraction of sp³-hybridized carbons (Fsp3) is 0.391. The SMILES string of the molecule is CC(C)(C)OC[C@H](NC(=O)OC(C)(C)c1ccc(-c2ccccc2)cc1)C(=O)[O-]. The average molecular weight is 398 g/mol. The van der Waals surface area contributed by atoms with E-state index in [1.807, 2.05) is 54.6 Å². The lowest BCUT2D eigenvalue weighted by Gasteiger charge is -2.29. The molecule has 2 aromatic carbocycles. The summed E-state index contributed by atoms with van der Waals surface area (Å²) in [5.41, 5.74) is 1.42. The Morgan fingerprint density at radius 2 is 1.48 bits per heavy atom. The van der Waals surface area contributed by atoms with Gasteiger partial charge < -0.3 is 24.7 Å². The number of carboxylic acid groups (broad SMARTS) is 1. The summed E-state index contributed by atoms with van der Waals surface area (Å²) >= 11 is 0. The van der Waals surface area contributed by atoms with Crippen LogP contribution in [-0.2, 0) is 19.9 Å². The van der Waals surface area contributed by atoms with E-state index in [-0.39, 0.29) is 6.61 Å². The molecule has 0 aromatic heterocycles. The number of carboxylic acids is 1. The van der Waals surface area contributed by atoms with E-state index >= 15 is 0 Å². The molecule has 0 saturated carbocycles. The van der Waals surface area contributed by atoms with Crippen LogP contribution in [0.5, 0.6) is 0 Å². The molecule has 0 aliphatic rings. The summed E-state index contributed by atoms with van der Waals surface area (Å²) in [7, 11) is 0. The van der Waals surface area contributed by atoms with Crippen molar-refractivity contribution in [3.63, 3.8) is 0 Å². The monoisotopic (exact) mass is 398 g/mol. The van der Waals surface area contributed by atoms with Gasteiger partial charge in [-0.15, -0.1) is 0 Å². The molecule has 29 heavy (non-hydrogen) atoms. The summed E-state index contributed by atoms with van der Waals surface area (Å²) in [5, 5.41) is 13.6. The standard InChI is InChI=1S/C23H29NO5/c1-22(2,3)28-15-19(20(25)26)24-21(27)29-23(4,5)18-13-11-17(12-14-18)16-9-7-6-8-10-16/h6-14,19H,15H2,1-5H3,(H,24,27)(H,25,26)/p-1/t19-/m0/s1. The summed E-state index contributed by atoms with van der Waals surface area (Å²) in [4.78, 5) is 23.6. The van der Waals surface area contributed by atoms with Gasteiger partial charge >= 0.3 is 6.09 Å². The number of aliphatic carboxylic acids is 1. The number of hydrogen-bond acceptors (Lipinski definition) is 5. The molecule has 2 rings (SSSR count). The highest BCUT2D eigenvalue weighted by Crippen LogP contribution is 2.28. The quantitative estimate of drug-likeness (QED) is 0.774. The van der Waals surface area contributed by atoms with Gasteiger partial charge in [-0.05, 0) is 51.3 Å². The van der Waals surface area contributed by atoms with Crippen molar-refractivity contribution in [1.82, 2.24) is 5.32 Å². The molecule has 1 atom stereocenters. The first-order chi connectivity index (χ1) is 13.5. The maximum Gasteiger partial charge on any atom is 0.408 e. The molecule has 0 spiro atoms. The molecule has 0 aliphatic heterocycles. The van der Waals surface area contributed by atoms with Crippen LogP contribution in [0.15, 0.2) is 54.6 Å². The molecule has 6 nitrogen and oxygen atoms in total. The number of amides is 1. The Balaban J connectivity index is 2.03. The molecule has 0 unspecified atom stereocenters. The van der Waals surface area contributed by atoms with E-state index in [1.165, 1.54) is 0 Å². The van der Waals surface area contributed by atoms with Crippen LogP contribution in [0.2, 0.25) is 0 Å². The van der Waals surface area contributed by atoms with E-state index in [4.69, 9.17) is 9.47 Å². The number of hydrogen-bond donors (Lipinski definition) is 1. The van der Waals surface area contributed by atoms with Crippen LogP contribution in [0.25, 0.3) is 11.1 Å². The van der Waals surface area contributed by atoms with Gasteiger partial charge in [0.05, 0.1) is 24.2 Å². The molecule has 0 aliphatic carbocycles. The zero-order chi connectivity index (χ0) is 21.7. The van der Waals surface area contributed by atoms with Gasteiger partial charge in [0.1, 0.15) is 5.60 Å². The van der Waals surface area contributed by atoms with E-state index in [9.17, 15) is 14.7 Å². The third-order valence-electron chi connectivity index (χ3n) is 4.29. The Labute approximate surface area is 171 Å². The minimum atomic E-state index is -1.43. The van der Waals surface area contributed by atoms with Crippen LogP contribution in [0.3, 0.4) is 0 Å². The maximum absolute atomic E-state index is 12.3. The lowest BCUT2D eigenvalue weighted by molar-refractivity contribution is -0.309. The van der Waals surface area contributed by atoms with Crippen LogP contribution in [-0.4, -0.2) is 30.3 Å². The zero-order valence-electron chi connectivity index (χ0n) is 17.5. The van der Waals surface area contributed by atoms with Gasteiger partial charge in [-0.1, -0.05) is 54.6 Å². The van der Waals surface area contributed by atoms with Gasteiger partial charge in [-0.2, -0.15) is 0 Å². The lowest BCUT2D eigenvalue weighted by Crippen LogP contribution is -2.52. The summed E-state index contributed by atoms with van der Waals surface area (Å²) in [6.45, 7) is 8.64. The molecule has 0 bridgehead atoms. The van der Waals surface area contributed by atoms with Crippen molar-refractivity contribution in [2.75, 3.05) is 6.61 Å². The molecule has 0 saturated heterocycles. The van der Waals surface area contributed by atoms with Crippen LogP contribution in [0.1, 0.15) is 40.2 Å². The Hall–Kier alpha value is -2.86. The number of benzene rings is 2. The molecule has 156 valence electrons. The smallest absolute Gasteiger partial charge is 0.408 e. The number of rotatable bonds is 7. The van der Waals surface area contributed by atoms with Gasteiger partial charge in [0, 0.05) is 0 Å². The minimum absolute atomic E-state index is 0.215. The van der Waals surface area contributed by atoms with Crippen molar-refractivity contribution in [3.8, 4) is 11.1 Å². The topological polar surface area (TPSA) is 87.7 Å². The summed E-state index contributed by atoms with van der Waals surface area (Å²) < 4.78 is 10.9. The highest BCUT2D eigenvalue weighted by Gasteiger charge is 2.27. The minimum Gasteiger partial charge on any atom is -0.548 e. The molecular formula is C23H28NO5-. The lowest BCUT2D eigenvalue weighted by atomic mass is 9.95. The van der Waals surface area contributed by atoms with Gasteiger partial charge in [0.15, 0.2) is 0 Å². The fourth-order valence-electron chi connectivity index (χ4n) is 2.66. The van der Waals surface area contributed by atoms with Crippen molar-refractivity contribution in [2.45, 2.75) is 51.9 Å². The number of nitrogens with one attached hydrogen (secondary N) is 1. The first-order valence-corrected chi connectivity index (χ1v) is 9.48. The molecule has 6 heteroatoms. The van der Waals surface area contributed by atoms with Gasteiger partial charge in [0.2, 0.25) is 0 Å². The molecule has 1 N–H and O–H groups in total. The molecule has 0 heterocycles.